The summed E-state index contributed by atoms with van der Waals surface area (Å²) in [5.41, 5.74) is 8.25. The summed E-state index contributed by atoms with van der Waals surface area (Å²) in [7, 11) is 0. The van der Waals surface area contributed by atoms with Crippen molar-refractivity contribution in [3.63, 3.8) is 0 Å². The van der Waals surface area contributed by atoms with Crippen molar-refractivity contribution < 1.29 is 4.92 Å². The van der Waals surface area contributed by atoms with Crippen molar-refractivity contribution in [2.45, 2.75) is 0 Å². The van der Waals surface area contributed by atoms with Crippen LogP contribution in [-0.4, -0.2) is 11.5 Å². The van der Waals surface area contributed by atoms with Gasteiger partial charge in [0.25, 0.3) is 5.69 Å². The molecule has 0 fully saturated rings. The Balaban J connectivity index is 2.97. The molecule has 6 nitrogen and oxygen atoms in total. The molecule has 1 aromatic rings. The maximum atomic E-state index is 10.6. The normalized spacial score (nSPS) is 8.56. The number of rotatable bonds is 2. The van der Waals surface area contributed by atoms with Gasteiger partial charge in [0.2, 0.25) is 0 Å². The van der Waals surface area contributed by atoms with Crippen LogP contribution in [0, 0.1) is 22.0 Å². The molecule has 1 rings (SSSR count). The first-order valence-corrected chi connectivity index (χ1v) is 4.46. The lowest BCUT2D eigenvalue weighted by Gasteiger charge is -1.95. The summed E-state index contributed by atoms with van der Waals surface area (Å²) in [6.07, 6.45) is 0. The SMILES string of the molecule is [N-]=[N+]=NCC#Cc1ccc(Cl)c([N+](=O)[O-])c1. The van der Waals surface area contributed by atoms with E-state index in [1.165, 1.54) is 12.1 Å². The Morgan fingerprint density at radius 2 is 2.38 bits per heavy atom. The number of benzene rings is 1. The van der Waals surface area contributed by atoms with Gasteiger partial charge in [0.1, 0.15) is 5.02 Å². The molecule has 0 aliphatic carbocycles. The van der Waals surface area contributed by atoms with E-state index >= 15 is 0 Å². The molecule has 80 valence electrons. The summed E-state index contributed by atoms with van der Waals surface area (Å²) in [6, 6.07) is 4.22. The zero-order valence-electron chi connectivity index (χ0n) is 7.92. The van der Waals surface area contributed by atoms with Gasteiger partial charge >= 0.3 is 0 Å². The Morgan fingerprint density at radius 3 is 3.00 bits per heavy atom. The van der Waals surface area contributed by atoms with Gasteiger partial charge in [-0.3, -0.25) is 10.1 Å². The summed E-state index contributed by atoms with van der Waals surface area (Å²) >= 11 is 5.62. The lowest BCUT2D eigenvalue weighted by Crippen LogP contribution is -1.89. The zero-order chi connectivity index (χ0) is 12.0. The van der Waals surface area contributed by atoms with Crippen molar-refractivity contribution in [1.82, 2.24) is 0 Å². The Labute approximate surface area is 95.6 Å². The van der Waals surface area contributed by atoms with Crippen LogP contribution < -0.4 is 0 Å². The fourth-order valence-corrected chi connectivity index (χ4v) is 1.13. The van der Waals surface area contributed by atoms with Gasteiger partial charge in [0.15, 0.2) is 0 Å². The van der Waals surface area contributed by atoms with Crippen LogP contribution in [0.15, 0.2) is 23.3 Å². The van der Waals surface area contributed by atoms with Crippen LogP contribution >= 0.6 is 11.6 Å². The number of nitrogens with zero attached hydrogens (tertiary/aromatic N) is 4. The first-order valence-electron chi connectivity index (χ1n) is 4.09. The van der Waals surface area contributed by atoms with Crippen molar-refractivity contribution in [2.24, 2.45) is 5.11 Å². The van der Waals surface area contributed by atoms with Crippen molar-refractivity contribution in [2.75, 3.05) is 6.54 Å². The Morgan fingerprint density at radius 1 is 1.62 bits per heavy atom. The van der Waals surface area contributed by atoms with Crippen molar-refractivity contribution in [3.8, 4) is 11.8 Å². The lowest BCUT2D eigenvalue weighted by molar-refractivity contribution is -0.384. The summed E-state index contributed by atoms with van der Waals surface area (Å²) in [5, 5.41) is 13.8. The van der Waals surface area contributed by atoms with E-state index in [0.717, 1.165) is 0 Å². The van der Waals surface area contributed by atoms with Crippen LogP contribution in [0.25, 0.3) is 10.4 Å². The topological polar surface area (TPSA) is 91.9 Å². The second kappa shape index (κ2) is 5.61. The van der Waals surface area contributed by atoms with Gasteiger partial charge in [-0.25, -0.2) is 0 Å². The number of azide groups is 1. The molecule has 0 amide bonds. The standard InChI is InChI=1S/C9H5ClN4O2/c10-8-4-3-7(2-1-5-12-13-11)6-9(8)14(15)16/h3-4,6H,5H2. The van der Waals surface area contributed by atoms with Gasteiger partial charge in [-0.15, -0.1) is 0 Å². The van der Waals surface area contributed by atoms with E-state index in [0.29, 0.717) is 5.56 Å². The number of hydrogen-bond donors (Lipinski definition) is 0. The average Bonchev–Trinajstić information content (AvgIpc) is 2.26. The number of nitro benzene ring substituents is 1. The van der Waals surface area contributed by atoms with Crippen molar-refractivity contribution in [3.05, 3.63) is 49.3 Å². The minimum absolute atomic E-state index is 0.0208. The first-order chi connectivity index (χ1) is 7.65. The molecule has 0 aliphatic heterocycles. The van der Waals surface area contributed by atoms with Gasteiger partial charge in [-0.1, -0.05) is 28.6 Å². The van der Waals surface area contributed by atoms with Crippen LogP contribution in [0.1, 0.15) is 5.56 Å². The minimum atomic E-state index is -0.582. The Kier molecular flexibility index (Phi) is 4.16. The monoisotopic (exact) mass is 236 g/mol. The Bertz CT molecular complexity index is 526. The van der Waals surface area contributed by atoms with Gasteiger partial charge in [0, 0.05) is 16.5 Å². The summed E-state index contributed by atoms with van der Waals surface area (Å²) in [5.74, 6) is 5.18. The molecule has 0 aliphatic rings. The maximum Gasteiger partial charge on any atom is 0.289 e. The van der Waals surface area contributed by atoms with Crippen LogP contribution in [0.4, 0.5) is 5.69 Å². The fraction of sp³-hybridized carbons (Fsp3) is 0.111. The molecule has 0 aromatic heterocycles. The molecule has 0 saturated heterocycles. The molecule has 7 heteroatoms. The molecule has 0 spiro atoms. The lowest BCUT2D eigenvalue weighted by atomic mass is 10.2. The third-order valence-electron chi connectivity index (χ3n) is 1.59. The van der Waals surface area contributed by atoms with E-state index in [1.54, 1.807) is 6.07 Å². The molecule has 0 atom stereocenters. The third kappa shape index (κ3) is 3.17. The van der Waals surface area contributed by atoms with Gasteiger partial charge in [0.05, 0.1) is 11.5 Å². The van der Waals surface area contributed by atoms with E-state index in [2.05, 4.69) is 21.9 Å². The van der Waals surface area contributed by atoms with Crippen LogP contribution in [0.2, 0.25) is 5.02 Å². The second-order valence-corrected chi connectivity index (χ2v) is 3.02. The minimum Gasteiger partial charge on any atom is -0.258 e. The van der Waals surface area contributed by atoms with Crippen LogP contribution in [0.3, 0.4) is 0 Å². The van der Waals surface area contributed by atoms with Crippen LogP contribution in [-0.2, 0) is 0 Å². The highest BCUT2D eigenvalue weighted by Gasteiger charge is 2.11. The van der Waals surface area contributed by atoms with E-state index in [4.69, 9.17) is 17.1 Å². The maximum absolute atomic E-state index is 10.6. The highest BCUT2D eigenvalue weighted by atomic mass is 35.5. The average molecular weight is 237 g/mol. The quantitative estimate of drug-likeness (QED) is 0.197. The second-order valence-electron chi connectivity index (χ2n) is 2.61. The van der Waals surface area contributed by atoms with Crippen LogP contribution in [0.5, 0.6) is 0 Å². The zero-order valence-corrected chi connectivity index (χ0v) is 8.68. The van der Waals surface area contributed by atoms with Gasteiger partial charge in [-0.2, -0.15) is 0 Å². The van der Waals surface area contributed by atoms with Gasteiger partial charge in [-0.05, 0) is 17.7 Å². The molecular weight excluding hydrogens is 232 g/mol. The molecule has 0 bridgehead atoms. The van der Waals surface area contributed by atoms with Gasteiger partial charge < -0.3 is 0 Å². The number of hydrogen-bond acceptors (Lipinski definition) is 3. The highest BCUT2D eigenvalue weighted by Crippen LogP contribution is 2.24. The van der Waals surface area contributed by atoms with E-state index < -0.39 is 4.92 Å². The highest BCUT2D eigenvalue weighted by molar-refractivity contribution is 6.32. The summed E-state index contributed by atoms with van der Waals surface area (Å²) < 4.78 is 0. The third-order valence-corrected chi connectivity index (χ3v) is 1.91. The molecule has 0 saturated carbocycles. The molecule has 0 unspecified atom stereocenters. The molecule has 1 aromatic carbocycles. The fourth-order valence-electron chi connectivity index (χ4n) is 0.939. The molecule has 0 radical (unpaired) electrons. The smallest absolute Gasteiger partial charge is 0.258 e. The molecule has 0 N–H and O–H groups in total. The number of halogens is 1. The van der Waals surface area contributed by atoms with E-state index in [1.807, 2.05) is 0 Å². The molecular formula is C9H5ClN4O2. The number of nitro groups is 1. The molecule has 16 heavy (non-hydrogen) atoms. The molecule has 0 heterocycles. The summed E-state index contributed by atoms with van der Waals surface area (Å²) in [4.78, 5) is 12.5. The first kappa shape index (κ1) is 11.9. The van der Waals surface area contributed by atoms with Crippen molar-refractivity contribution >= 4 is 17.3 Å². The predicted octanol–water partition coefficient (Wildman–Crippen LogP) is 2.91. The van der Waals surface area contributed by atoms with E-state index in [9.17, 15) is 10.1 Å². The predicted molar refractivity (Wildman–Crippen MR) is 59.0 cm³/mol. The largest absolute Gasteiger partial charge is 0.289 e. The Hall–Kier alpha value is -2.22. The summed E-state index contributed by atoms with van der Waals surface area (Å²) in [6.45, 7) is 0.0208. The van der Waals surface area contributed by atoms with Crippen molar-refractivity contribution in [1.29, 1.82) is 0 Å². The van der Waals surface area contributed by atoms with E-state index in [-0.39, 0.29) is 17.3 Å².